The molecule has 2 saturated heterocycles. The first-order valence-electron chi connectivity index (χ1n) is 6.60. The van der Waals surface area contributed by atoms with Crippen molar-refractivity contribution >= 4 is 6.09 Å². The van der Waals surface area contributed by atoms with Gasteiger partial charge in [0.05, 0.1) is 18.2 Å². The summed E-state index contributed by atoms with van der Waals surface area (Å²) in [5.41, 5.74) is -0.825. The van der Waals surface area contributed by atoms with Crippen molar-refractivity contribution in [3.05, 3.63) is 0 Å². The number of nitrogens with zero attached hydrogens (tertiary/aromatic N) is 1. The highest BCUT2D eigenvalue weighted by molar-refractivity contribution is 5.68. The van der Waals surface area contributed by atoms with Gasteiger partial charge in [0.25, 0.3) is 0 Å². The van der Waals surface area contributed by atoms with Gasteiger partial charge in [-0.25, -0.2) is 4.79 Å². The molecule has 104 valence electrons. The summed E-state index contributed by atoms with van der Waals surface area (Å²) in [4.78, 5) is 13.6. The summed E-state index contributed by atoms with van der Waals surface area (Å²) in [5.74, 6) is 0. The first kappa shape index (κ1) is 13.6. The third kappa shape index (κ3) is 3.14. The molecule has 2 unspecified atom stereocenters. The molecule has 2 atom stereocenters. The zero-order valence-corrected chi connectivity index (χ0v) is 11.4. The molecule has 2 aliphatic rings. The van der Waals surface area contributed by atoms with Gasteiger partial charge in [0.1, 0.15) is 5.60 Å². The molecule has 1 amide bonds. The predicted molar refractivity (Wildman–Crippen MR) is 66.3 cm³/mol. The Balaban J connectivity index is 1.93. The normalized spacial score (nSPS) is 32.9. The smallest absolute Gasteiger partial charge is 0.410 e. The van der Waals surface area contributed by atoms with E-state index < -0.39 is 5.60 Å². The second-order valence-corrected chi connectivity index (χ2v) is 6.33. The number of hydrogen-bond donors (Lipinski definition) is 1. The van der Waals surface area contributed by atoms with Gasteiger partial charge in [-0.15, -0.1) is 0 Å². The van der Waals surface area contributed by atoms with E-state index in [2.05, 4.69) is 0 Å². The zero-order chi connectivity index (χ0) is 13.4. The summed E-state index contributed by atoms with van der Waals surface area (Å²) >= 11 is 0. The topological polar surface area (TPSA) is 59.0 Å². The van der Waals surface area contributed by atoms with Gasteiger partial charge in [-0.05, 0) is 33.6 Å². The van der Waals surface area contributed by atoms with Crippen molar-refractivity contribution in [3.8, 4) is 0 Å². The molecule has 0 aliphatic carbocycles. The van der Waals surface area contributed by atoms with E-state index in [0.29, 0.717) is 32.5 Å². The second kappa shape index (κ2) is 4.70. The summed E-state index contributed by atoms with van der Waals surface area (Å²) in [6.45, 7) is 7.32. The van der Waals surface area contributed by atoms with Crippen molar-refractivity contribution in [1.29, 1.82) is 0 Å². The first-order chi connectivity index (χ1) is 8.30. The highest BCUT2D eigenvalue weighted by atomic mass is 16.6. The number of aliphatic hydroxyl groups is 1. The van der Waals surface area contributed by atoms with Crippen LogP contribution in [0, 0.1) is 0 Å². The van der Waals surface area contributed by atoms with Crippen LogP contribution in [-0.4, -0.2) is 53.1 Å². The minimum atomic E-state index is -0.472. The SMILES string of the molecule is CC(C)(C)OC(=O)N1CCC2(CC(O)CCO2)C1. The molecule has 0 aromatic heterocycles. The molecule has 2 rings (SSSR count). The number of carbonyl (C=O) groups excluding carboxylic acids is 1. The van der Waals surface area contributed by atoms with E-state index in [1.54, 1.807) is 4.90 Å². The fourth-order valence-electron chi connectivity index (χ4n) is 2.61. The first-order valence-corrected chi connectivity index (χ1v) is 6.60. The van der Waals surface area contributed by atoms with Crippen LogP contribution in [0.3, 0.4) is 0 Å². The molecule has 0 aromatic carbocycles. The molecule has 5 nitrogen and oxygen atoms in total. The standard InChI is InChI=1S/C13H23NO4/c1-12(2,3)18-11(16)14-6-5-13(9-14)8-10(15)4-7-17-13/h10,15H,4-9H2,1-3H3. The van der Waals surface area contributed by atoms with Gasteiger partial charge in [-0.2, -0.15) is 0 Å². The Morgan fingerprint density at radius 1 is 1.50 bits per heavy atom. The Kier molecular flexibility index (Phi) is 3.56. The van der Waals surface area contributed by atoms with Gasteiger partial charge >= 0.3 is 6.09 Å². The van der Waals surface area contributed by atoms with E-state index in [1.807, 2.05) is 20.8 Å². The van der Waals surface area contributed by atoms with E-state index >= 15 is 0 Å². The van der Waals surface area contributed by atoms with E-state index in [0.717, 1.165) is 6.42 Å². The highest BCUT2D eigenvalue weighted by Gasteiger charge is 2.45. The molecule has 0 radical (unpaired) electrons. The average molecular weight is 257 g/mol. The monoisotopic (exact) mass is 257 g/mol. The second-order valence-electron chi connectivity index (χ2n) is 6.33. The lowest BCUT2D eigenvalue weighted by Crippen LogP contribution is -2.45. The van der Waals surface area contributed by atoms with Crippen LogP contribution in [0.1, 0.15) is 40.0 Å². The van der Waals surface area contributed by atoms with E-state index in [1.165, 1.54) is 0 Å². The summed E-state index contributed by atoms with van der Waals surface area (Å²) < 4.78 is 11.1. The van der Waals surface area contributed by atoms with Gasteiger partial charge < -0.3 is 19.5 Å². The summed E-state index contributed by atoms with van der Waals surface area (Å²) in [7, 11) is 0. The lowest BCUT2D eigenvalue weighted by Gasteiger charge is -2.36. The van der Waals surface area contributed by atoms with Gasteiger partial charge in [0.15, 0.2) is 0 Å². The van der Waals surface area contributed by atoms with Gasteiger partial charge in [0, 0.05) is 19.6 Å². The van der Waals surface area contributed by atoms with E-state index in [9.17, 15) is 9.90 Å². The molecule has 2 heterocycles. The molecule has 1 spiro atoms. The minimum absolute atomic E-state index is 0.289. The molecule has 2 aliphatic heterocycles. The molecule has 0 aromatic rings. The van der Waals surface area contributed by atoms with Crippen LogP contribution in [0.4, 0.5) is 4.79 Å². The van der Waals surface area contributed by atoms with Gasteiger partial charge in [0.2, 0.25) is 0 Å². The molecule has 5 heteroatoms. The van der Waals surface area contributed by atoms with Crippen LogP contribution < -0.4 is 0 Å². The molecule has 0 bridgehead atoms. The van der Waals surface area contributed by atoms with Crippen molar-refractivity contribution in [3.63, 3.8) is 0 Å². The molecule has 1 N–H and O–H groups in total. The summed E-state index contributed by atoms with van der Waals surface area (Å²) in [6, 6.07) is 0. The highest BCUT2D eigenvalue weighted by Crippen LogP contribution is 2.34. The van der Waals surface area contributed by atoms with Crippen LogP contribution in [0.5, 0.6) is 0 Å². The number of rotatable bonds is 0. The number of hydrogen-bond acceptors (Lipinski definition) is 4. The van der Waals surface area contributed by atoms with Crippen molar-refractivity contribution in [1.82, 2.24) is 4.90 Å². The van der Waals surface area contributed by atoms with Crippen LogP contribution in [0.25, 0.3) is 0 Å². The van der Waals surface area contributed by atoms with Gasteiger partial charge in [-0.1, -0.05) is 0 Å². The fourth-order valence-corrected chi connectivity index (χ4v) is 2.61. The Bertz CT molecular complexity index is 325. The Labute approximate surface area is 108 Å². The number of likely N-dealkylation sites (tertiary alicyclic amines) is 1. The molecule has 18 heavy (non-hydrogen) atoms. The largest absolute Gasteiger partial charge is 0.444 e. The van der Waals surface area contributed by atoms with Gasteiger partial charge in [-0.3, -0.25) is 0 Å². The number of amides is 1. The van der Waals surface area contributed by atoms with Crippen LogP contribution in [0.15, 0.2) is 0 Å². The third-order valence-corrected chi connectivity index (χ3v) is 3.44. The molecular formula is C13H23NO4. The lowest BCUT2D eigenvalue weighted by molar-refractivity contribution is -0.110. The summed E-state index contributed by atoms with van der Waals surface area (Å²) in [5, 5.41) is 9.73. The third-order valence-electron chi connectivity index (χ3n) is 3.44. The predicted octanol–water partition coefficient (Wildman–Crippen LogP) is 1.54. The maximum atomic E-state index is 12.0. The average Bonchev–Trinajstić information content (AvgIpc) is 2.59. The minimum Gasteiger partial charge on any atom is -0.444 e. The molecular weight excluding hydrogens is 234 g/mol. The van der Waals surface area contributed by atoms with Crippen molar-refractivity contribution < 1.29 is 19.4 Å². The van der Waals surface area contributed by atoms with Crippen molar-refractivity contribution in [2.45, 2.75) is 57.3 Å². The molecule has 2 fully saturated rings. The maximum Gasteiger partial charge on any atom is 0.410 e. The maximum absolute atomic E-state index is 12.0. The lowest BCUT2D eigenvalue weighted by atomic mass is 9.91. The van der Waals surface area contributed by atoms with Crippen LogP contribution in [0.2, 0.25) is 0 Å². The molecule has 0 saturated carbocycles. The number of aliphatic hydroxyl groups excluding tert-OH is 1. The van der Waals surface area contributed by atoms with Crippen LogP contribution in [-0.2, 0) is 9.47 Å². The zero-order valence-electron chi connectivity index (χ0n) is 11.4. The quantitative estimate of drug-likeness (QED) is 0.715. The van der Waals surface area contributed by atoms with Crippen LogP contribution >= 0.6 is 0 Å². The summed E-state index contributed by atoms with van der Waals surface area (Å²) in [6.07, 6.45) is 1.49. The Hall–Kier alpha value is -0.810. The van der Waals surface area contributed by atoms with E-state index in [4.69, 9.17) is 9.47 Å². The van der Waals surface area contributed by atoms with E-state index in [-0.39, 0.29) is 17.8 Å². The Morgan fingerprint density at radius 3 is 2.83 bits per heavy atom. The Morgan fingerprint density at radius 2 is 2.22 bits per heavy atom. The fraction of sp³-hybridized carbons (Fsp3) is 0.923. The number of carbonyl (C=O) groups is 1. The number of ether oxygens (including phenoxy) is 2. The van der Waals surface area contributed by atoms with Crippen molar-refractivity contribution in [2.75, 3.05) is 19.7 Å². The van der Waals surface area contributed by atoms with Crippen molar-refractivity contribution in [2.24, 2.45) is 0 Å².